The topological polar surface area (TPSA) is 41.6 Å². The van der Waals surface area contributed by atoms with Gasteiger partial charge >= 0.3 is 0 Å². The highest BCUT2D eigenvalue weighted by Crippen LogP contribution is 2.30. The first kappa shape index (κ1) is 19.4. The third-order valence-corrected chi connectivity index (χ3v) is 5.15. The standard InChI is InChI=1S/C23H30N2O2/c1-4-13-27-23-10-9-21-16-25(12-11-22(21)17(23)2)15-20-7-5-19(6-8-20)14-24-18(3)26/h5-10H,4,11-16H2,1-3H3,(H,24,26). The van der Waals surface area contributed by atoms with Crippen LogP contribution < -0.4 is 10.1 Å². The molecule has 0 spiro atoms. The molecule has 3 rings (SSSR count). The number of benzene rings is 2. The van der Waals surface area contributed by atoms with Crippen molar-refractivity contribution >= 4 is 5.91 Å². The molecule has 0 saturated carbocycles. The van der Waals surface area contributed by atoms with Gasteiger partial charge in [-0.3, -0.25) is 9.69 Å². The highest BCUT2D eigenvalue weighted by atomic mass is 16.5. The lowest BCUT2D eigenvalue weighted by atomic mass is 9.94. The third kappa shape index (κ3) is 5.10. The van der Waals surface area contributed by atoms with Crippen molar-refractivity contribution in [3.8, 4) is 5.75 Å². The molecule has 1 amide bonds. The van der Waals surface area contributed by atoms with E-state index in [9.17, 15) is 4.79 Å². The number of hydrogen-bond donors (Lipinski definition) is 1. The number of rotatable bonds is 7. The van der Waals surface area contributed by atoms with E-state index in [0.717, 1.165) is 50.4 Å². The summed E-state index contributed by atoms with van der Waals surface area (Å²) in [5.74, 6) is 1.04. The molecule has 4 nitrogen and oxygen atoms in total. The summed E-state index contributed by atoms with van der Waals surface area (Å²) in [6.45, 7) is 10.2. The van der Waals surface area contributed by atoms with Crippen molar-refractivity contribution in [2.45, 2.75) is 53.2 Å². The van der Waals surface area contributed by atoms with Crippen molar-refractivity contribution in [2.75, 3.05) is 13.2 Å². The molecular formula is C23H30N2O2. The van der Waals surface area contributed by atoms with E-state index in [4.69, 9.17) is 4.74 Å². The predicted molar refractivity (Wildman–Crippen MR) is 109 cm³/mol. The van der Waals surface area contributed by atoms with Gasteiger partial charge in [0, 0.05) is 33.1 Å². The van der Waals surface area contributed by atoms with Crippen molar-refractivity contribution in [2.24, 2.45) is 0 Å². The number of ether oxygens (including phenoxy) is 1. The molecule has 1 aliphatic heterocycles. The van der Waals surface area contributed by atoms with E-state index in [0.29, 0.717) is 6.54 Å². The van der Waals surface area contributed by atoms with Gasteiger partial charge in [-0.1, -0.05) is 37.3 Å². The summed E-state index contributed by atoms with van der Waals surface area (Å²) in [6.07, 6.45) is 2.11. The first-order chi connectivity index (χ1) is 13.1. The van der Waals surface area contributed by atoms with Crippen LogP contribution in [0.25, 0.3) is 0 Å². The van der Waals surface area contributed by atoms with E-state index in [2.05, 4.69) is 60.5 Å². The van der Waals surface area contributed by atoms with E-state index < -0.39 is 0 Å². The molecule has 4 heteroatoms. The predicted octanol–water partition coefficient (Wildman–Crippen LogP) is 3.98. The Morgan fingerprint density at radius 2 is 1.89 bits per heavy atom. The summed E-state index contributed by atoms with van der Waals surface area (Å²) in [7, 11) is 0. The lowest BCUT2D eigenvalue weighted by Crippen LogP contribution is -2.30. The zero-order chi connectivity index (χ0) is 19.2. The van der Waals surface area contributed by atoms with Gasteiger partial charge in [0.1, 0.15) is 5.75 Å². The molecular weight excluding hydrogens is 336 g/mol. The molecule has 0 aliphatic carbocycles. The van der Waals surface area contributed by atoms with Gasteiger partial charge in [-0.05, 0) is 53.6 Å². The maximum absolute atomic E-state index is 11.0. The van der Waals surface area contributed by atoms with E-state index in [1.54, 1.807) is 6.92 Å². The van der Waals surface area contributed by atoms with Crippen molar-refractivity contribution in [3.05, 3.63) is 64.2 Å². The highest BCUT2D eigenvalue weighted by Gasteiger charge is 2.19. The summed E-state index contributed by atoms with van der Waals surface area (Å²) >= 11 is 0. The maximum atomic E-state index is 11.0. The van der Waals surface area contributed by atoms with Crippen LogP contribution in [0, 0.1) is 6.92 Å². The van der Waals surface area contributed by atoms with Crippen LogP contribution in [0.4, 0.5) is 0 Å². The van der Waals surface area contributed by atoms with Gasteiger partial charge in [-0.25, -0.2) is 0 Å². The van der Waals surface area contributed by atoms with Gasteiger partial charge in [0.2, 0.25) is 5.91 Å². The van der Waals surface area contributed by atoms with Crippen LogP contribution in [0.15, 0.2) is 36.4 Å². The van der Waals surface area contributed by atoms with Gasteiger partial charge in [0.25, 0.3) is 0 Å². The summed E-state index contributed by atoms with van der Waals surface area (Å²) in [6, 6.07) is 12.9. The van der Waals surface area contributed by atoms with Crippen molar-refractivity contribution in [3.63, 3.8) is 0 Å². The molecule has 27 heavy (non-hydrogen) atoms. The van der Waals surface area contributed by atoms with Crippen LogP contribution in [0.3, 0.4) is 0 Å². The largest absolute Gasteiger partial charge is 0.493 e. The highest BCUT2D eigenvalue weighted by molar-refractivity contribution is 5.72. The second-order valence-corrected chi connectivity index (χ2v) is 7.36. The Morgan fingerprint density at radius 1 is 1.15 bits per heavy atom. The van der Waals surface area contributed by atoms with Gasteiger partial charge < -0.3 is 10.1 Å². The maximum Gasteiger partial charge on any atom is 0.217 e. The van der Waals surface area contributed by atoms with Crippen LogP contribution in [-0.2, 0) is 30.8 Å². The molecule has 0 radical (unpaired) electrons. The Hall–Kier alpha value is -2.33. The smallest absolute Gasteiger partial charge is 0.217 e. The van der Waals surface area contributed by atoms with Crippen molar-refractivity contribution in [1.29, 1.82) is 0 Å². The molecule has 1 N–H and O–H groups in total. The molecule has 1 heterocycles. The number of hydrogen-bond acceptors (Lipinski definition) is 3. The van der Waals surface area contributed by atoms with Gasteiger partial charge in [-0.15, -0.1) is 0 Å². The van der Waals surface area contributed by atoms with Gasteiger partial charge in [0.05, 0.1) is 6.61 Å². The second-order valence-electron chi connectivity index (χ2n) is 7.36. The lowest BCUT2D eigenvalue weighted by molar-refractivity contribution is -0.119. The summed E-state index contributed by atoms with van der Waals surface area (Å²) < 4.78 is 5.88. The number of nitrogens with one attached hydrogen (secondary N) is 1. The summed E-state index contributed by atoms with van der Waals surface area (Å²) in [5.41, 5.74) is 6.64. The Morgan fingerprint density at radius 3 is 2.59 bits per heavy atom. The van der Waals surface area contributed by atoms with Crippen LogP contribution in [0.2, 0.25) is 0 Å². The first-order valence-electron chi connectivity index (χ1n) is 9.85. The quantitative estimate of drug-likeness (QED) is 0.806. The molecule has 0 bridgehead atoms. The average Bonchev–Trinajstić information content (AvgIpc) is 2.67. The molecule has 0 fully saturated rings. The van der Waals surface area contributed by atoms with E-state index in [-0.39, 0.29) is 5.91 Å². The molecule has 0 saturated heterocycles. The van der Waals surface area contributed by atoms with E-state index >= 15 is 0 Å². The Balaban J connectivity index is 1.61. The van der Waals surface area contributed by atoms with E-state index in [1.165, 1.54) is 22.3 Å². The fourth-order valence-electron chi connectivity index (χ4n) is 3.63. The molecule has 0 aromatic heterocycles. The Labute approximate surface area is 162 Å². The molecule has 2 aromatic carbocycles. The number of carbonyl (C=O) groups excluding carboxylic acids is 1. The number of amides is 1. The Kier molecular flexibility index (Phi) is 6.51. The lowest BCUT2D eigenvalue weighted by Gasteiger charge is -2.30. The zero-order valence-corrected chi connectivity index (χ0v) is 16.7. The molecule has 2 aromatic rings. The average molecular weight is 367 g/mol. The fraction of sp³-hybridized carbons (Fsp3) is 0.435. The Bertz CT molecular complexity index is 784. The van der Waals surface area contributed by atoms with Gasteiger partial charge in [-0.2, -0.15) is 0 Å². The van der Waals surface area contributed by atoms with Crippen LogP contribution >= 0.6 is 0 Å². The molecule has 1 aliphatic rings. The van der Waals surface area contributed by atoms with Gasteiger partial charge in [0.15, 0.2) is 0 Å². The fourth-order valence-corrected chi connectivity index (χ4v) is 3.63. The first-order valence-corrected chi connectivity index (χ1v) is 9.85. The van der Waals surface area contributed by atoms with Crippen LogP contribution in [0.1, 0.15) is 48.1 Å². The minimum atomic E-state index is 0.00426. The SMILES string of the molecule is CCCOc1ccc2c(c1C)CCN(Cc1ccc(CNC(C)=O)cc1)C2. The van der Waals surface area contributed by atoms with Crippen LogP contribution in [0.5, 0.6) is 5.75 Å². The summed E-state index contributed by atoms with van der Waals surface area (Å²) in [4.78, 5) is 13.5. The monoisotopic (exact) mass is 366 g/mol. The second kappa shape index (κ2) is 9.05. The zero-order valence-electron chi connectivity index (χ0n) is 16.7. The third-order valence-electron chi connectivity index (χ3n) is 5.15. The molecule has 144 valence electrons. The summed E-state index contributed by atoms with van der Waals surface area (Å²) in [5, 5.41) is 2.84. The molecule has 0 unspecified atom stereocenters. The minimum absolute atomic E-state index is 0.00426. The van der Waals surface area contributed by atoms with Crippen LogP contribution in [-0.4, -0.2) is 24.0 Å². The number of carbonyl (C=O) groups is 1. The van der Waals surface area contributed by atoms with E-state index in [1.807, 2.05) is 0 Å². The number of fused-ring (bicyclic) bond motifs is 1. The normalized spacial score (nSPS) is 13.9. The minimum Gasteiger partial charge on any atom is -0.493 e. The number of nitrogens with zero attached hydrogens (tertiary/aromatic N) is 1. The van der Waals surface area contributed by atoms with Crippen molar-refractivity contribution in [1.82, 2.24) is 10.2 Å². The van der Waals surface area contributed by atoms with Crippen molar-refractivity contribution < 1.29 is 9.53 Å². The molecule has 0 atom stereocenters.